The topological polar surface area (TPSA) is 109 Å². The van der Waals surface area contributed by atoms with E-state index < -0.39 is 5.97 Å². The largest absolute Gasteiger partial charge is 0.461 e. The Morgan fingerprint density at radius 1 is 1.67 bits per heavy atom. The number of hydrogen-bond donors (Lipinski definition) is 1. The number of hydrogen-bond acceptors (Lipinski definition) is 7. The minimum atomic E-state index is -0.567. The quantitative estimate of drug-likeness (QED) is 0.612. The standard InChI is InChI=1S/C9H9N5O3S/c1-2-16-8(15)5-3-17-9(12-5)14-4-11-7(13-14)6(10)18/h3-4H,2H2,1H3,(H2,10,18). The van der Waals surface area contributed by atoms with Gasteiger partial charge in [0.15, 0.2) is 5.69 Å². The second kappa shape index (κ2) is 4.92. The molecular formula is C9H9N5O3S. The van der Waals surface area contributed by atoms with Crippen molar-refractivity contribution in [3.63, 3.8) is 0 Å². The van der Waals surface area contributed by atoms with Crippen LogP contribution in [0.3, 0.4) is 0 Å². The molecule has 0 aromatic carbocycles. The summed E-state index contributed by atoms with van der Waals surface area (Å²) in [4.78, 5) is 19.2. The number of oxazole rings is 1. The van der Waals surface area contributed by atoms with Crippen molar-refractivity contribution in [3.8, 4) is 6.01 Å². The number of nitrogens with two attached hydrogens (primary N) is 1. The van der Waals surface area contributed by atoms with Gasteiger partial charge in [-0.05, 0) is 6.92 Å². The van der Waals surface area contributed by atoms with Crippen LogP contribution in [-0.2, 0) is 4.74 Å². The SMILES string of the molecule is CCOC(=O)c1coc(-n2cnc(C(N)=S)n2)n1. The zero-order chi connectivity index (χ0) is 13.1. The van der Waals surface area contributed by atoms with E-state index in [0.29, 0.717) is 0 Å². The van der Waals surface area contributed by atoms with Crippen LogP contribution < -0.4 is 5.73 Å². The first-order valence-corrected chi connectivity index (χ1v) is 5.37. The molecule has 8 nitrogen and oxygen atoms in total. The van der Waals surface area contributed by atoms with Gasteiger partial charge in [0.05, 0.1) is 6.61 Å². The predicted molar refractivity (Wildman–Crippen MR) is 63.3 cm³/mol. The molecule has 0 radical (unpaired) electrons. The Bertz CT molecular complexity index is 591. The van der Waals surface area contributed by atoms with Crippen LogP contribution in [0.1, 0.15) is 23.2 Å². The van der Waals surface area contributed by atoms with Gasteiger partial charge in [-0.3, -0.25) is 0 Å². The lowest BCUT2D eigenvalue weighted by molar-refractivity contribution is 0.0519. The molecule has 2 heterocycles. The van der Waals surface area contributed by atoms with E-state index in [-0.39, 0.29) is 29.1 Å². The lowest BCUT2D eigenvalue weighted by Crippen LogP contribution is -2.12. The molecule has 0 saturated heterocycles. The lowest BCUT2D eigenvalue weighted by Gasteiger charge is -1.94. The number of thiocarbonyl (C=S) groups is 1. The van der Waals surface area contributed by atoms with Gasteiger partial charge in [0.2, 0.25) is 5.82 Å². The van der Waals surface area contributed by atoms with Gasteiger partial charge in [-0.2, -0.15) is 9.67 Å². The molecule has 2 N–H and O–H groups in total. The number of esters is 1. The molecule has 94 valence electrons. The summed E-state index contributed by atoms with van der Waals surface area (Å²) in [5.74, 6) is -0.372. The maximum Gasteiger partial charge on any atom is 0.360 e. The van der Waals surface area contributed by atoms with Crippen molar-refractivity contribution in [2.45, 2.75) is 6.92 Å². The van der Waals surface area contributed by atoms with Crippen molar-refractivity contribution in [1.82, 2.24) is 19.7 Å². The highest BCUT2D eigenvalue weighted by atomic mass is 32.1. The average molecular weight is 267 g/mol. The maximum absolute atomic E-state index is 11.4. The van der Waals surface area contributed by atoms with Crippen LogP contribution in [0, 0.1) is 0 Å². The van der Waals surface area contributed by atoms with Crippen molar-refractivity contribution < 1.29 is 13.9 Å². The first-order valence-electron chi connectivity index (χ1n) is 4.96. The summed E-state index contributed by atoms with van der Waals surface area (Å²) >= 11 is 4.72. The van der Waals surface area contributed by atoms with Crippen LogP contribution in [0.5, 0.6) is 0 Å². The molecule has 0 unspecified atom stereocenters. The van der Waals surface area contributed by atoms with Crippen molar-refractivity contribution in [3.05, 3.63) is 24.1 Å². The van der Waals surface area contributed by atoms with Crippen molar-refractivity contribution >= 4 is 23.2 Å². The second-order valence-corrected chi connectivity index (χ2v) is 3.55. The van der Waals surface area contributed by atoms with Gasteiger partial charge in [0.25, 0.3) is 0 Å². The third-order valence-corrected chi connectivity index (χ3v) is 2.07. The van der Waals surface area contributed by atoms with Gasteiger partial charge < -0.3 is 14.9 Å². The van der Waals surface area contributed by atoms with E-state index in [4.69, 9.17) is 27.1 Å². The fourth-order valence-corrected chi connectivity index (χ4v) is 1.23. The number of carbonyl (C=O) groups excluding carboxylic acids is 1. The fourth-order valence-electron chi connectivity index (χ4n) is 1.14. The van der Waals surface area contributed by atoms with Crippen LogP contribution >= 0.6 is 12.2 Å². The summed E-state index contributed by atoms with van der Waals surface area (Å²) in [5, 5.41) is 3.93. The molecule has 0 aliphatic carbocycles. The first kappa shape index (κ1) is 12.2. The van der Waals surface area contributed by atoms with E-state index >= 15 is 0 Å². The Hall–Kier alpha value is -2.29. The molecule has 2 aromatic rings. The van der Waals surface area contributed by atoms with Crippen molar-refractivity contribution in [2.24, 2.45) is 5.73 Å². The molecule has 18 heavy (non-hydrogen) atoms. The Balaban J connectivity index is 2.23. The molecule has 2 aromatic heterocycles. The predicted octanol–water partition coefficient (Wildman–Crippen LogP) is 0.0662. The number of nitrogens with zero attached hydrogens (tertiary/aromatic N) is 4. The molecule has 0 spiro atoms. The molecule has 0 aliphatic heterocycles. The Morgan fingerprint density at radius 3 is 3.06 bits per heavy atom. The number of aromatic nitrogens is 4. The number of ether oxygens (including phenoxy) is 1. The smallest absolute Gasteiger partial charge is 0.360 e. The summed E-state index contributed by atoms with van der Waals surface area (Å²) in [6.45, 7) is 1.96. The summed E-state index contributed by atoms with van der Waals surface area (Å²) < 4.78 is 11.1. The molecule has 0 bridgehead atoms. The van der Waals surface area contributed by atoms with E-state index in [0.717, 1.165) is 0 Å². The molecule has 0 atom stereocenters. The number of rotatable bonds is 4. The van der Waals surface area contributed by atoms with Gasteiger partial charge in [0, 0.05) is 0 Å². The summed E-state index contributed by atoms with van der Waals surface area (Å²) in [6, 6.07) is 0.0769. The highest BCUT2D eigenvalue weighted by Gasteiger charge is 2.15. The third kappa shape index (κ3) is 2.35. The Kier molecular flexibility index (Phi) is 3.33. The normalized spacial score (nSPS) is 10.3. The van der Waals surface area contributed by atoms with Gasteiger partial charge >= 0.3 is 12.0 Å². The van der Waals surface area contributed by atoms with Crippen LogP contribution in [0.2, 0.25) is 0 Å². The van der Waals surface area contributed by atoms with E-state index in [1.807, 2.05) is 0 Å². The Morgan fingerprint density at radius 2 is 2.44 bits per heavy atom. The highest BCUT2D eigenvalue weighted by Crippen LogP contribution is 2.08. The Labute approximate surface area is 107 Å². The van der Waals surface area contributed by atoms with Gasteiger partial charge in [0.1, 0.15) is 17.6 Å². The molecule has 9 heteroatoms. The van der Waals surface area contributed by atoms with E-state index in [9.17, 15) is 4.79 Å². The average Bonchev–Trinajstić information content (AvgIpc) is 2.98. The minimum absolute atomic E-state index is 0.0548. The molecule has 0 fully saturated rings. The minimum Gasteiger partial charge on any atom is -0.461 e. The van der Waals surface area contributed by atoms with Gasteiger partial charge in [-0.15, -0.1) is 5.10 Å². The van der Waals surface area contributed by atoms with E-state index in [2.05, 4.69) is 15.1 Å². The highest BCUT2D eigenvalue weighted by molar-refractivity contribution is 7.80. The maximum atomic E-state index is 11.4. The second-order valence-electron chi connectivity index (χ2n) is 3.11. The van der Waals surface area contributed by atoms with Crippen LogP contribution in [0.25, 0.3) is 6.01 Å². The van der Waals surface area contributed by atoms with Gasteiger partial charge in [-0.25, -0.2) is 9.78 Å². The van der Waals surface area contributed by atoms with Crippen LogP contribution in [0.15, 0.2) is 17.0 Å². The molecule has 0 amide bonds. The van der Waals surface area contributed by atoms with Crippen LogP contribution in [-0.4, -0.2) is 37.3 Å². The zero-order valence-electron chi connectivity index (χ0n) is 9.36. The molecule has 0 saturated carbocycles. The first-order chi connectivity index (χ1) is 8.61. The van der Waals surface area contributed by atoms with Crippen LogP contribution in [0.4, 0.5) is 0 Å². The zero-order valence-corrected chi connectivity index (χ0v) is 10.2. The van der Waals surface area contributed by atoms with Crippen molar-refractivity contribution in [1.29, 1.82) is 0 Å². The summed E-state index contributed by atoms with van der Waals surface area (Å²) in [7, 11) is 0. The summed E-state index contributed by atoms with van der Waals surface area (Å²) in [5.41, 5.74) is 5.42. The van der Waals surface area contributed by atoms with Crippen molar-refractivity contribution in [2.75, 3.05) is 6.61 Å². The monoisotopic (exact) mass is 267 g/mol. The fraction of sp³-hybridized carbons (Fsp3) is 0.222. The molecule has 2 rings (SSSR count). The lowest BCUT2D eigenvalue weighted by atomic mass is 10.5. The molecular weight excluding hydrogens is 258 g/mol. The molecule has 0 aliphatic rings. The summed E-state index contributed by atoms with van der Waals surface area (Å²) in [6.07, 6.45) is 2.50. The van der Waals surface area contributed by atoms with E-state index in [1.54, 1.807) is 6.92 Å². The van der Waals surface area contributed by atoms with Gasteiger partial charge in [-0.1, -0.05) is 12.2 Å². The third-order valence-electron chi connectivity index (χ3n) is 1.88. The van der Waals surface area contributed by atoms with E-state index in [1.165, 1.54) is 17.3 Å². The number of carbonyl (C=O) groups is 1.